The van der Waals surface area contributed by atoms with Crippen molar-refractivity contribution in [3.05, 3.63) is 5.25 Å². The first-order valence-corrected chi connectivity index (χ1v) is 3.19. The monoisotopic (exact) mass is 103 g/mol. The molecule has 0 aliphatic rings. The van der Waals surface area contributed by atoms with E-state index in [-0.39, 0.29) is 0 Å². The molecule has 0 saturated heterocycles. The summed E-state index contributed by atoms with van der Waals surface area (Å²) in [4.78, 5) is 0. The molecular weight excluding hydrogens is 92.1 g/mol. The fourth-order valence-corrected chi connectivity index (χ4v) is 0.866. The molecule has 0 aromatic carbocycles. The quantitative estimate of drug-likeness (QED) is 0.517. The lowest BCUT2D eigenvalue weighted by Gasteiger charge is -1.95. The molecule has 0 bridgehead atoms. The third kappa shape index (κ3) is 4.35. The summed E-state index contributed by atoms with van der Waals surface area (Å²) >= 11 is 1.90. The third-order valence-corrected chi connectivity index (χ3v) is 1.30. The molecule has 0 nitrogen and oxygen atoms in total. The number of hydrogen-bond donors (Lipinski definition) is 0. The largest absolute Gasteiger partial charge is 0.155 e. The summed E-state index contributed by atoms with van der Waals surface area (Å²) in [5.41, 5.74) is 0. The van der Waals surface area contributed by atoms with Gasteiger partial charge in [0, 0.05) is 5.25 Å². The van der Waals surface area contributed by atoms with Crippen LogP contribution < -0.4 is 0 Å². The lowest BCUT2D eigenvalue weighted by molar-refractivity contribution is 1.33. The molecule has 6 heavy (non-hydrogen) atoms. The first-order valence-electron chi connectivity index (χ1n) is 2.20. The molecule has 0 aliphatic heterocycles. The Morgan fingerprint density at radius 1 is 1.50 bits per heavy atom. The van der Waals surface area contributed by atoms with Crippen molar-refractivity contribution in [2.75, 3.05) is 5.75 Å². The van der Waals surface area contributed by atoms with Gasteiger partial charge in [0.2, 0.25) is 0 Å². The first-order chi connectivity index (χ1) is 2.77. The summed E-state index contributed by atoms with van der Waals surface area (Å²) in [6.07, 6.45) is 0. The van der Waals surface area contributed by atoms with Gasteiger partial charge in [0.1, 0.15) is 0 Å². The van der Waals surface area contributed by atoms with Gasteiger partial charge < -0.3 is 0 Å². The average Bonchev–Trinajstić information content (AvgIpc) is 1.35. The van der Waals surface area contributed by atoms with Crippen LogP contribution >= 0.6 is 11.8 Å². The Labute approximate surface area is 44.3 Å². The Morgan fingerprint density at radius 3 is 2.00 bits per heavy atom. The average molecular weight is 103 g/mol. The van der Waals surface area contributed by atoms with E-state index in [1.54, 1.807) is 0 Å². The molecule has 0 saturated carbocycles. The first kappa shape index (κ1) is 6.35. The second kappa shape index (κ2) is 3.54. The van der Waals surface area contributed by atoms with E-state index in [1.807, 2.05) is 11.8 Å². The normalized spacial score (nSPS) is 10.0. The van der Waals surface area contributed by atoms with Crippen LogP contribution in [0.1, 0.15) is 20.8 Å². The van der Waals surface area contributed by atoms with Gasteiger partial charge in [-0.05, 0) is 19.6 Å². The zero-order chi connectivity index (χ0) is 4.99. The van der Waals surface area contributed by atoms with Crippen LogP contribution in [0.5, 0.6) is 0 Å². The highest BCUT2D eigenvalue weighted by Crippen LogP contribution is 2.14. The molecule has 0 N–H and O–H groups in total. The van der Waals surface area contributed by atoms with Gasteiger partial charge in [0.15, 0.2) is 0 Å². The van der Waals surface area contributed by atoms with Crippen LogP contribution in [0, 0.1) is 5.25 Å². The van der Waals surface area contributed by atoms with Crippen molar-refractivity contribution in [1.29, 1.82) is 0 Å². The predicted molar refractivity (Wildman–Crippen MR) is 32.7 cm³/mol. The topological polar surface area (TPSA) is 0 Å². The van der Waals surface area contributed by atoms with Gasteiger partial charge in [0.05, 0.1) is 0 Å². The maximum atomic E-state index is 2.16. The van der Waals surface area contributed by atoms with Gasteiger partial charge >= 0.3 is 0 Å². The highest BCUT2D eigenvalue weighted by atomic mass is 32.2. The fraction of sp³-hybridized carbons (Fsp3) is 0.800. The fourth-order valence-electron chi connectivity index (χ4n) is 0.289. The van der Waals surface area contributed by atoms with Crippen LogP contribution in [-0.2, 0) is 0 Å². The van der Waals surface area contributed by atoms with Crippen molar-refractivity contribution in [3.8, 4) is 0 Å². The van der Waals surface area contributed by atoms with E-state index in [1.165, 1.54) is 11.0 Å². The minimum atomic E-state index is 1.21. The molecule has 0 aromatic rings. The second-order valence-corrected chi connectivity index (χ2v) is 3.02. The minimum absolute atomic E-state index is 1.21. The lowest BCUT2D eigenvalue weighted by Crippen LogP contribution is -1.72. The van der Waals surface area contributed by atoms with Crippen LogP contribution in [0.4, 0.5) is 0 Å². The summed E-state index contributed by atoms with van der Waals surface area (Å²) in [5, 5.41) is 1.46. The van der Waals surface area contributed by atoms with Crippen molar-refractivity contribution in [3.63, 3.8) is 0 Å². The van der Waals surface area contributed by atoms with E-state index >= 15 is 0 Å². The van der Waals surface area contributed by atoms with Crippen LogP contribution in [0.3, 0.4) is 0 Å². The molecule has 0 aliphatic carbocycles. The summed E-state index contributed by atoms with van der Waals surface area (Å²) in [5.74, 6) is 1.21. The van der Waals surface area contributed by atoms with Crippen molar-refractivity contribution >= 4 is 11.8 Å². The van der Waals surface area contributed by atoms with Crippen molar-refractivity contribution < 1.29 is 0 Å². The zero-order valence-electron chi connectivity index (χ0n) is 4.62. The maximum Gasteiger partial charge on any atom is 0.0244 e. The third-order valence-electron chi connectivity index (χ3n) is 0.433. The van der Waals surface area contributed by atoms with E-state index in [0.29, 0.717) is 0 Å². The molecule has 0 fully saturated rings. The van der Waals surface area contributed by atoms with E-state index in [4.69, 9.17) is 0 Å². The molecule has 0 spiro atoms. The van der Waals surface area contributed by atoms with E-state index in [2.05, 4.69) is 20.8 Å². The Kier molecular flexibility index (Phi) is 3.74. The number of thioether (sulfide) groups is 1. The van der Waals surface area contributed by atoms with Gasteiger partial charge in [-0.15, -0.1) is 0 Å². The standard InChI is InChI=1S/C5H11S/c1-4-6-5(2)3/h4H2,1-3H3. The zero-order valence-corrected chi connectivity index (χ0v) is 5.43. The van der Waals surface area contributed by atoms with Crippen molar-refractivity contribution in [2.24, 2.45) is 0 Å². The van der Waals surface area contributed by atoms with E-state index in [9.17, 15) is 0 Å². The summed E-state index contributed by atoms with van der Waals surface area (Å²) in [6, 6.07) is 0. The van der Waals surface area contributed by atoms with Crippen LogP contribution in [0.15, 0.2) is 0 Å². The molecule has 1 radical (unpaired) electrons. The molecule has 0 aromatic heterocycles. The Balaban J connectivity index is 2.63. The van der Waals surface area contributed by atoms with E-state index in [0.717, 1.165) is 0 Å². The second-order valence-electron chi connectivity index (χ2n) is 1.34. The van der Waals surface area contributed by atoms with Crippen molar-refractivity contribution in [1.82, 2.24) is 0 Å². The van der Waals surface area contributed by atoms with Crippen LogP contribution in [0.25, 0.3) is 0 Å². The smallest absolute Gasteiger partial charge is 0.0244 e. The molecule has 0 rings (SSSR count). The number of hydrogen-bond acceptors (Lipinski definition) is 1. The summed E-state index contributed by atoms with van der Waals surface area (Å²) in [7, 11) is 0. The molecule has 1 heteroatoms. The highest BCUT2D eigenvalue weighted by Gasteiger charge is 1.86. The van der Waals surface area contributed by atoms with E-state index < -0.39 is 0 Å². The Hall–Kier alpha value is 0.350. The molecule has 37 valence electrons. The lowest BCUT2D eigenvalue weighted by atomic mass is 10.6. The van der Waals surface area contributed by atoms with Gasteiger partial charge in [-0.25, -0.2) is 0 Å². The summed E-state index contributed by atoms with van der Waals surface area (Å²) in [6.45, 7) is 6.43. The van der Waals surface area contributed by atoms with Crippen LogP contribution in [0.2, 0.25) is 0 Å². The minimum Gasteiger partial charge on any atom is -0.155 e. The predicted octanol–water partition coefficient (Wildman–Crippen LogP) is 2.31. The SMILES string of the molecule is CCS[C](C)C. The van der Waals surface area contributed by atoms with Gasteiger partial charge in [0.25, 0.3) is 0 Å². The maximum absolute atomic E-state index is 2.16. The van der Waals surface area contributed by atoms with Gasteiger partial charge in [-0.2, -0.15) is 11.8 Å². The molecule has 0 unspecified atom stereocenters. The van der Waals surface area contributed by atoms with Crippen molar-refractivity contribution in [2.45, 2.75) is 20.8 Å². The molecule has 0 heterocycles. The molecule has 0 atom stereocenters. The highest BCUT2D eigenvalue weighted by molar-refractivity contribution is 8.02. The Bertz CT molecular complexity index is 25.1. The number of rotatable bonds is 2. The Morgan fingerprint density at radius 2 is 2.00 bits per heavy atom. The molecule has 0 amide bonds. The molecular formula is C5H11S. The van der Waals surface area contributed by atoms with Gasteiger partial charge in [-0.1, -0.05) is 6.92 Å². The summed E-state index contributed by atoms with van der Waals surface area (Å²) < 4.78 is 0. The van der Waals surface area contributed by atoms with Crippen LogP contribution in [-0.4, -0.2) is 5.75 Å². The van der Waals surface area contributed by atoms with Gasteiger partial charge in [-0.3, -0.25) is 0 Å².